The lowest BCUT2D eigenvalue weighted by molar-refractivity contribution is -0.151. The molecule has 184 valence electrons. The van der Waals surface area contributed by atoms with Crippen LogP contribution in [0.5, 0.6) is 5.75 Å². The number of hydrogen-bond donors (Lipinski definition) is 0. The highest BCUT2D eigenvalue weighted by atomic mass is 32.2. The van der Waals surface area contributed by atoms with Crippen LogP contribution in [-0.2, 0) is 26.2 Å². The Morgan fingerprint density at radius 3 is 2.46 bits per heavy atom. The van der Waals surface area contributed by atoms with E-state index in [-0.39, 0.29) is 29.7 Å². The molecule has 2 aromatic carbocycles. The molecule has 0 N–H and O–H groups in total. The second kappa shape index (κ2) is 10.4. The molecule has 1 saturated heterocycles. The molecule has 35 heavy (non-hydrogen) atoms. The van der Waals surface area contributed by atoms with Crippen molar-refractivity contribution < 1.29 is 32.0 Å². The van der Waals surface area contributed by atoms with Crippen LogP contribution in [-0.4, -0.2) is 54.3 Å². The molecule has 1 atom stereocenters. The maximum absolute atomic E-state index is 13.2. The second-order valence-corrected chi connectivity index (χ2v) is 9.95. The summed E-state index contributed by atoms with van der Waals surface area (Å²) in [5.74, 6) is 0.263. The predicted octanol–water partition coefficient (Wildman–Crippen LogP) is 3.23. The standard InChI is InChI=1S/C24H25N3O7S/c1-16(28)17-8-12-20(13-9-17)35(30,31)27-14-4-3-5-21(27)24(29)33-15-22-25-23(26-34-22)18-6-10-19(32-2)11-7-18/h6-13,21H,3-5,14-15H2,1-2H3. The van der Waals surface area contributed by atoms with Crippen LogP contribution >= 0.6 is 0 Å². The van der Waals surface area contributed by atoms with E-state index in [0.717, 1.165) is 4.31 Å². The minimum atomic E-state index is -3.96. The predicted molar refractivity (Wildman–Crippen MR) is 124 cm³/mol. The van der Waals surface area contributed by atoms with Gasteiger partial charge in [0.2, 0.25) is 15.8 Å². The molecule has 0 aliphatic carbocycles. The maximum Gasteiger partial charge on any atom is 0.324 e. The number of benzene rings is 2. The number of esters is 1. The zero-order chi connectivity index (χ0) is 25.0. The third-order valence-corrected chi connectivity index (χ3v) is 7.67. The Morgan fingerprint density at radius 2 is 1.80 bits per heavy atom. The smallest absolute Gasteiger partial charge is 0.324 e. The average Bonchev–Trinajstić information content (AvgIpc) is 3.36. The number of piperidine rings is 1. The highest BCUT2D eigenvalue weighted by Gasteiger charge is 2.38. The fourth-order valence-electron chi connectivity index (χ4n) is 3.83. The van der Waals surface area contributed by atoms with E-state index in [9.17, 15) is 18.0 Å². The molecule has 0 saturated carbocycles. The van der Waals surface area contributed by atoms with Crippen molar-refractivity contribution in [2.24, 2.45) is 0 Å². The Balaban J connectivity index is 1.44. The van der Waals surface area contributed by atoms with Gasteiger partial charge >= 0.3 is 5.97 Å². The topological polar surface area (TPSA) is 129 Å². The minimum Gasteiger partial charge on any atom is -0.497 e. The zero-order valence-electron chi connectivity index (χ0n) is 19.3. The van der Waals surface area contributed by atoms with Gasteiger partial charge in [-0.2, -0.15) is 9.29 Å². The van der Waals surface area contributed by atoms with Crippen molar-refractivity contribution >= 4 is 21.8 Å². The lowest BCUT2D eigenvalue weighted by atomic mass is 10.1. The van der Waals surface area contributed by atoms with Gasteiger partial charge < -0.3 is 14.0 Å². The van der Waals surface area contributed by atoms with Crippen molar-refractivity contribution in [2.75, 3.05) is 13.7 Å². The van der Waals surface area contributed by atoms with E-state index in [2.05, 4.69) is 10.1 Å². The first-order valence-electron chi connectivity index (χ1n) is 11.1. The Kier molecular flexibility index (Phi) is 7.27. The molecule has 0 spiro atoms. The highest BCUT2D eigenvalue weighted by Crippen LogP contribution is 2.27. The molecule has 0 amide bonds. The van der Waals surface area contributed by atoms with Crippen molar-refractivity contribution in [3.05, 3.63) is 60.0 Å². The summed E-state index contributed by atoms with van der Waals surface area (Å²) in [7, 11) is -2.39. The van der Waals surface area contributed by atoms with E-state index in [1.54, 1.807) is 31.4 Å². The van der Waals surface area contributed by atoms with Gasteiger partial charge in [-0.15, -0.1) is 0 Å². The van der Waals surface area contributed by atoms with Gasteiger partial charge in [-0.1, -0.05) is 17.3 Å². The van der Waals surface area contributed by atoms with Crippen LogP contribution in [0.25, 0.3) is 11.4 Å². The molecule has 3 aromatic rings. The number of methoxy groups -OCH3 is 1. The normalized spacial score (nSPS) is 16.6. The Hall–Kier alpha value is -3.57. The van der Waals surface area contributed by atoms with Crippen LogP contribution in [0.4, 0.5) is 0 Å². The molecule has 10 nitrogen and oxygen atoms in total. The van der Waals surface area contributed by atoms with E-state index in [1.165, 1.54) is 31.2 Å². The van der Waals surface area contributed by atoms with Gasteiger partial charge in [0.25, 0.3) is 5.89 Å². The van der Waals surface area contributed by atoms with Crippen LogP contribution in [0.1, 0.15) is 42.4 Å². The van der Waals surface area contributed by atoms with Gasteiger partial charge in [0.1, 0.15) is 11.8 Å². The summed E-state index contributed by atoms with van der Waals surface area (Å²) in [5, 5.41) is 3.90. The summed E-state index contributed by atoms with van der Waals surface area (Å²) in [5.41, 5.74) is 1.11. The first kappa shape index (κ1) is 24.6. The number of sulfonamides is 1. The summed E-state index contributed by atoms with van der Waals surface area (Å²) in [6.45, 7) is 1.32. The van der Waals surface area contributed by atoms with Crippen LogP contribution in [0.2, 0.25) is 0 Å². The lowest BCUT2D eigenvalue weighted by Crippen LogP contribution is -2.48. The lowest BCUT2D eigenvalue weighted by Gasteiger charge is -2.32. The fraction of sp³-hybridized carbons (Fsp3) is 0.333. The maximum atomic E-state index is 13.2. The molecule has 4 rings (SSSR count). The summed E-state index contributed by atoms with van der Waals surface area (Å²) in [4.78, 5) is 28.6. The number of nitrogens with zero attached hydrogens (tertiary/aromatic N) is 3. The minimum absolute atomic E-state index is 0.0169. The van der Waals surface area contributed by atoms with Crippen LogP contribution in [0.15, 0.2) is 57.9 Å². The number of Topliss-reactive ketones (excluding diaryl/α,β-unsaturated/α-hetero) is 1. The molecule has 1 aliphatic rings. The van der Waals surface area contributed by atoms with Gasteiger partial charge in [0, 0.05) is 17.7 Å². The first-order valence-corrected chi connectivity index (χ1v) is 12.5. The van der Waals surface area contributed by atoms with Gasteiger partial charge in [0.05, 0.1) is 12.0 Å². The van der Waals surface area contributed by atoms with Crippen LogP contribution < -0.4 is 4.74 Å². The quantitative estimate of drug-likeness (QED) is 0.339. The van der Waals surface area contributed by atoms with Crippen molar-refractivity contribution in [1.82, 2.24) is 14.4 Å². The number of rotatable bonds is 8. The molecule has 1 aliphatic heterocycles. The molecule has 1 aromatic heterocycles. The van der Waals surface area contributed by atoms with Gasteiger partial charge in [0.15, 0.2) is 12.4 Å². The molecule has 1 unspecified atom stereocenters. The average molecular weight is 500 g/mol. The molecular formula is C24H25N3O7S. The van der Waals surface area contributed by atoms with E-state index in [1.807, 2.05) is 0 Å². The number of aromatic nitrogens is 2. The van der Waals surface area contributed by atoms with Gasteiger partial charge in [-0.05, 0) is 62.6 Å². The Morgan fingerprint density at radius 1 is 1.09 bits per heavy atom. The number of carbonyl (C=O) groups is 2. The molecule has 0 bridgehead atoms. The largest absolute Gasteiger partial charge is 0.497 e. The van der Waals surface area contributed by atoms with E-state index in [4.69, 9.17) is 14.0 Å². The summed E-state index contributed by atoms with van der Waals surface area (Å²) in [6, 6.07) is 11.8. The Labute approximate surface area is 202 Å². The molecule has 2 heterocycles. The third-order valence-electron chi connectivity index (χ3n) is 5.75. The number of ether oxygens (including phenoxy) is 2. The molecule has 1 fully saturated rings. The Bertz CT molecular complexity index is 1300. The fourth-order valence-corrected chi connectivity index (χ4v) is 5.47. The van der Waals surface area contributed by atoms with Gasteiger partial charge in [-0.25, -0.2) is 8.42 Å². The van der Waals surface area contributed by atoms with Crippen molar-refractivity contribution in [3.63, 3.8) is 0 Å². The van der Waals surface area contributed by atoms with E-state index >= 15 is 0 Å². The monoisotopic (exact) mass is 499 g/mol. The van der Waals surface area contributed by atoms with Crippen LogP contribution in [0, 0.1) is 0 Å². The van der Waals surface area contributed by atoms with Crippen LogP contribution in [0.3, 0.4) is 0 Å². The summed E-state index contributed by atoms with van der Waals surface area (Å²) in [6.07, 6.45) is 1.66. The highest BCUT2D eigenvalue weighted by molar-refractivity contribution is 7.89. The third kappa shape index (κ3) is 5.41. The summed E-state index contributed by atoms with van der Waals surface area (Å²) >= 11 is 0. The molecule has 11 heteroatoms. The summed E-state index contributed by atoms with van der Waals surface area (Å²) < 4.78 is 43.3. The van der Waals surface area contributed by atoms with Crippen molar-refractivity contribution in [3.8, 4) is 17.1 Å². The molecular weight excluding hydrogens is 474 g/mol. The SMILES string of the molecule is COc1ccc(-c2noc(COC(=O)C3CCCCN3S(=O)(=O)c3ccc(C(C)=O)cc3)n2)cc1. The van der Waals surface area contributed by atoms with E-state index in [0.29, 0.717) is 42.0 Å². The number of hydrogen-bond acceptors (Lipinski definition) is 9. The number of carbonyl (C=O) groups excluding carboxylic acids is 2. The second-order valence-electron chi connectivity index (χ2n) is 8.06. The van der Waals surface area contributed by atoms with Crippen molar-refractivity contribution in [1.29, 1.82) is 0 Å². The van der Waals surface area contributed by atoms with Gasteiger partial charge in [-0.3, -0.25) is 9.59 Å². The molecule has 0 radical (unpaired) electrons. The van der Waals surface area contributed by atoms with E-state index < -0.39 is 22.0 Å². The van der Waals surface area contributed by atoms with Crippen molar-refractivity contribution in [2.45, 2.75) is 43.7 Å². The zero-order valence-corrected chi connectivity index (χ0v) is 20.2. The number of ketones is 1. The first-order chi connectivity index (χ1) is 16.8.